The summed E-state index contributed by atoms with van der Waals surface area (Å²) in [5, 5.41) is 0.681. The molecule has 4 nitrogen and oxygen atoms in total. The van der Waals surface area contributed by atoms with E-state index in [1.165, 1.54) is 49.9 Å². The van der Waals surface area contributed by atoms with Crippen LogP contribution in [0.15, 0.2) is 73.3 Å². The Morgan fingerprint density at radius 2 is 1.38 bits per heavy atom. The van der Waals surface area contributed by atoms with E-state index in [0.29, 0.717) is 15.7 Å². The van der Waals surface area contributed by atoms with E-state index in [4.69, 9.17) is 14.2 Å². The van der Waals surface area contributed by atoms with Crippen molar-refractivity contribution in [2.24, 2.45) is 0 Å². The molecule has 0 aliphatic heterocycles. The van der Waals surface area contributed by atoms with E-state index in [9.17, 15) is 4.79 Å². The Labute approximate surface area is 207 Å². The fourth-order valence-corrected chi connectivity index (χ4v) is 4.32. The first-order chi connectivity index (χ1) is 16.7. The van der Waals surface area contributed by atoms with Crippen molar-refractivity contribution in [3.63, 3.8) is 0 Å². The van der Waals surface area contributed by atoms with Gasteiger partial charge in [-0.2, -0.15) is 0 Å². The number of esters is 1. The molecular formula is C29H34O4S. The zero-order valence-electron chi connectivity index (χ0n) is 20.0. The van der Waals surface area contributed by atoms with Crippen molar-refractivity contribution in [2.75, 3.05) is 13.7 Å². The molecule has 180 valence electrons. The van der Waals surface area contributed by atoms with E-state index in [1.54, 1.807) is 19.2 Å². The quantitative estimate of drug-likeness (QED) is 0.0953. The van der Waals surface area contributed by atoms with E-state index >= 15 is 0 Å². The van der Waals surface area contributed by atoms with Gasteiger partial charge in [-0.3, -0.25) is 0 Å². The molecule has 0 N–H and O–H groups in total. The minimum atomic E-state index is -0.383. The summed E-state index contributed by atoms with van der Waals surface area (Å²) in [7, 11) is 1.58. The molecule has 1 heterocycles. The Morgan fingerprint density at radius 3 is 1.97 bits per heavy atom. The van der Waals surface area contributed by atoms with Crippen LogP contribution in [-0.2, 0) is 0 Å². The second-order valence-corrected chi connectivity index (χ2v) is 9.21. The zero-order valence-corrected chi connectivity index (χ0v) is 20.8. The van der Waals surface area contributed by atoms with E-state index in [0.717, 1.165) is 36.3 Å². The monoisotopic (exact) mass is 478 g/mol. The molecule has 2 aromatic carbocycles. The number of hydrogen-bond donors (Lipinski definition) is 0. The predicted molar refractivity (Wildman–Crippen MR) is 140 cm³/mol. The number of carbonyl (C=O) groups is 1. The van der Waals surface area contributed by atoms with Gasteiger partial charge >= 0.3 is 5.97 Å². The molecule has 0 spiro atoms. The number of methoxy groups -OCH3 is 1. The van der Waals surface area contributed by atoms with Gasteiger partial charge in [0.2, 0.25) is 0 Å². The molecule has 1 aromatic heterocycles. The number of hydrogen-bond acceptors (Lipinski definition) is 5. The van der Waals surface area contributed by atoms with Crippen LogP contribution in [0, 0.1) is 0 Å². The molecule has 0 amide bonds. The maximum absolute atomic E-state index is 12.3. The van der Waals surface area contributed by atoms with Crippen LogP contribution >= 0.6 is 11.3 Å². The van der Waals surface area contributed by atoms with Gasteiger partial charge in [-0.15, -0.1) is 6.58 Å². The van der Waals surface area contributed by atoms with Crippen LogP contribution in [0.5, 0.6) is 16.6 Å². The number of thiophene rings is 1. The van der Waals surface area contributed by atoms with Crippen molar-refractivity contribution in [2.45, 2.75) is 51.4 Å². The third kappa shape index (κ3) is 8.38. The van der Waals surface area contributed by atoms with Gasteiger partial charge in [-0.1, -0.05) is 73.8 Å². The summed E-state index contributed by atoms with van der Waals surface area (Å²) in [6, 6.07) is 19.1. The minimum absolute atomic E-state index is 0.383. The standard InChI is InChI=1S/C29H34O4S/c1-3-4-5-6-7-8-9-10-11-22-32-25-16-12-23(13-17-25)24-14-18-26(19-15-24)33-29(30)27-20-21-28(31-2)34-27/h3,12-21H,1,4-11,22H2,2H3. The average Bonchev–Trinajstić information content (AvgIpc) is 3.36. The van der Waals surface area contributed by atoms with Gasteiger partial charge in [0.25, 0.3) is 0 Å². The third-order valence-electron chi connectivity index (χ3n) is 5.56. The molecule has 3 aromatic rings. The van der Waals surface area contributed by atoms with Crippen LogP contribution in [0.3, 0.4) is 0 Å². The summed E-state index contributed by atoms with van der Waals surface area (Å²) in [5.74, 6) is 1.02. The first-order valence-corrected chi connectivity index (χ1v) is 12.8. The number of ether oxygens (including phenoxy) is 3. The Kier molecular flexibility index (Phi) is 10.7. The first-order valence-electron chi connectivity index (χ1n) is 12.0. The molecule has 0 fully saturated rings. The predicted octanol–water partition coefficient (Wildman–Crippen LogP) is 8.33. The lowest BCUT2D eigenvalue weighted by atomic mass is 10.1. The van der Waals surface area contributed by atoms with Gasteiger partial charge in [0.05, 0.1) is 13.7 Å². The molecule has 0 saturated heterocycles. The zero-order chi connectivity index (χ0) is 24.0. The van der Waals surface area contributed by atoms with Gasteiger partial charge in [-0.05, 0) is 66.8 Å². The summed E-state index contributed by atoms with van der Waals surface area (Å²) >= 11 is 1.26. The largest absolute Gasteiger partial charge is 0.494 e. The van der Waals surface area contributed by atoms with Gasteiger partial charge in [0.1, 0.15) is 16.4 Å². The highest BCUT2D eigenvalue weighted by Gasteiger charge is 2.12. The Balaban J connectivity index is 1.38. The Hall–Kier alpha value is -3.05. The van der Waals surface area contributed by atoms with E-state index < -0.39 is 0 Å². The summed E-state index contributed by atoms with van der Waals surface area (Å²) < 4.78 is 16.5. The number of unbranched alkanes of at least 4 members (excludes halogenated alkanes) is 7. The van der Waals surface area contributed by atoms with Gasteiger partial charge in [0, 0.05) is 0 Å². The summed E-state index contributed by atoms with van der Waals surface area (Å²) in [5.41, 5.74) is 2.14. The second kappa shape index (κ2) is 14.3. The fraction of sp³-hybridized carbons (Fsp3) is 0.345. The lowest BCUT2D eigenvalue weighted by Gasteiger charge is -2.08. The first kappa shape index (κ1) is 25.6. The van der Waals surface area contributed by atoms with Crippen molar-refractivity contribution < 1.29 is 19.0 Å². The molecule has 5 heteroatoms. The smallest absolute Gasteiger partial charge is 0.353 e. The molecule has 0 unspecified atom stereocenters. The van der Waals surface area contributed by atoms with E-state index in [1.807, 2.05) is 42.5 Å². The second-order valence-electron chi connectivity index (χ2n) is 8.16. The van der Waals surface area contributed by atoms with Crippen molar-refractivity contribution in [1.29, 1.82) is 0 Å². The third-order valence-corrected chi connectivity index (χ3v) is 6.58. The number of allylic oxidation sites excluding steroid dienone is 1. The molecule has 0 atom stereocenters. The molecule has 34 heavy (non-hydrogen) atoms. The van der Waals surface area contributed by atoms with Crippen molar-refractivity contribution >= 4 is 17.3 Å². The molecule has 3 rings (SSSR count). The number of carbonyl (C=O) groups excluding carboxylic acids is 1. The number of rotatable bonds is 15. The minimum Gasteiger partial charge on any atom is -0.494 e. The van der Waals surface area contributed by atoms with Crippen LogP contribution in [0.25, 0.3) is 11.1 Å². The number of benzene rings is 2. The molecule has 0 aliphatic carbocycles. The van der Waals surface area contributed by atoms with Gasteiger partial charge in [0.15, 0.2) is 5.06 Å². The van der Waals surface area contributed by atoms with Crippen LogP contribution in [-0.4, -0.2) is 19.7 Å². The SMILES string of the molecule is C=CCCCCCCCCCOc1ccc(-c2ccc(OC(=O)c3ccc(OC)s3)cc2)cc1. The lowest BCUT2D eigenvalue weighted by molar-refractivity contribution is 0.0740. The normalized spacial score (nSPS) is 10.6. The summed E-state index contributed by atoms with van der Waals surface area (Å²) in [4.78, 5) is 12.8. The average molecular weight is 479 g/mol. The van der Waals surface area contributed by atoms with E-state index in [-0.39, 0.29) is 5.97 Å². The van der Waals surface area contributed by atoms with Gasteiger partial charge in [-0.25, -0.2) is 4.79 Å². The molecule has 0 radical (unpaired) electrons. The molecular weight excluding hydrogens is 444 g/mol. The van der Waals surface area contributed by atoms with Gasteiger partial charge < -0.3 is 14.2 Å². The molecule has 0 bridgehead atoms. The van der Waals surface area contributed by atoms with Crippen LogP contribution < -0.4 is 14.2 Å². The Bertz CT molecular complexity index is 1010. The molecule has 0 saturated carbocycles. The maximum Gasteiger partial charge on any atom is 0.353 e. The topological polar surface area (TPSA) is 44.8 Å². The highest BCUT2D eigenvalue weighted by atomic mass is 32.1. The van der Waals surface area contributed by atoms with Crippen LogP contribution in [0.2, 0.25) is 0 Å². The highest BCUT2D eigenvalue weighted by Crippen LogP contribution is 2.27. The lowest BCUT2D eigenvalue weighted by Crippen LogP contribution is -2.06. The molecule has 0 aliphatic rings. The highest BCUT2D eigenvalue weighted by molar-refractivity contribution is 7.15. The van der Waals surface area contributed by atoms with Crippen molar-refractivity contribution in [1.82, 2.24) is 0 Å². The maximum atomic E-state index is 12.3. The summed E-state index contributed by atoms with van der Waals surface area (Å²) in [6.45, 7) is 4.52. The fourth-order valence-electron chi connectivity index (χ4n) is 3.62. The van der Waals surface area contributed by atoms with Crippen LogP contribution in [0.1, 0.15) is 61.0 Å². The van der Waals surface area contributed by atoms with Crippen molar-refractivity contribution in [3.05, 3.63) is 78.2 Å². The van der Waals surface area contributed by atoms with Crippen LogP contribution in [0.4, 0.5) is 0 Å². The van der Waals surface area contributed by atoms with E-state index in [2.05, 4.69) is 18.7 Å². The Morgan fingerprint density at radius 1 is 0.794 bits per heavy atom. The van der Waals surface area contributed by atoms with Crippen molar-refractivity contribution in [3.8, 4) is 27.7 Å². The summed E-state index contributed by atoms with van der Waals surface area (Å²) in [6.07, 6.45) is 12.0.